The van der Waals surface area contributed by atoms with Crippen LogP contribution in [0.1, 0.15) is 58.4 Å². The monoisotopic (exact) mass is 643 g/mol. The van der Waals surface area contributed by atoms with Crippen LogP contribution in [0.2, 0.25) is 5.02 Å². The van der Waals surface area contributed by atoms with Crippen LogP contribution < -0.4 is 10.2 Å². The standard InChI is InChI=1S/C34H46ClN3O7/c1-7-10-14-26(40)36-18-22(6)44-33(43)27-25-15-16-34(45-25)28(27)31(41)38(24(19-39)20(4)9-3)30(34)32(42)37(17-8-2)29-21(5)12-11-13-23(29)35/h7-8,11-13,20,22,24-25,27-28,30,39H,1-2,9-10,14-19H2,3-6H3,(H,36,40)/t20-,22-,24-,25+,27-,28-,30+,34-/m0/s1. The van der Waals surface area contributed by atoms with Crippen molar-refractivity contribution in [1.82, 2.24) is 10.2 Å². The number of aliphatic hydroxyl groups excluding tert-OH is 1. The van der Waals surface area contributed by atoms with Gasteiger partial charge in [-0.1, -0.05) is 56.2 Å². The summed E-state index contributed by atoms with van der Waals surface area (Å²) in [5.41, 5.74) is -0.0140. The first-order valence-corrected chi connectivity index (χ1v) is 16.2. The molecule has 3 aliphatic rings. The van der Waals surface area contributed by atoms with E-state index in [0.717, 1.165) is 5.56 Å². The number of allylic oxidation sites excluding steroid dienone is 1. The molecule has 45 heavy (non-hydrogen) atoms. The Morgan fingerprint density at radius 1 is 1.29 bits per heavy atom. The van der Waals surface area contributed by atoms with Crippen molar-refractivity contribution in [3.63, 3.8) is 0 Å². The number of para-hydroxylation sites is 1. The zero-order valence-corrected chi connectivity index (χ0v) is 27.4. The molecule has 0 aromatic heterocycles. The molecule has 3 aliphatic heterocycles. The minimum atomic E-state index is -1.29. The summed E-state index contributed by atoms with van der Waals surface area (Å²) in [7, 11) is 0. The summed E-state index contributed by atoms with van der Waals surface area (Å²) in [6.07, 6.45) is 4.32. The fourth-order valence-corrected chi connectivity index (χ4v) is 7.56. The van der Waals surface area contributed by atoms with Crippen LogP contribution in [0.15, 0.2) is 43.5 Å². The maximum Gasteiger partial charge on any atom is 0.312 e. The molecule has 0 radical (unpaired) electrons. The normalized spacial score (nSPS) is 27.0. The summed E-state index contributed by atoms with van der Waals surface area (Å²) in [5, 5.41) is 13.7. The quantitative estimate of drug-likeness (QED) is 0.219. The fourth-order valence-electron chi connectivity index (χ4n) is 7.24. The van der Waals surface area contributed by atoms with E-state index in [1.54, 1.807) is 31.2 Å². The van der Waals surface area contributed by atoms with E-state index in [2.05, 4.69) is 18.5 Å². The molecule has 246 valence electrons. The van der Waals surface area contributed by atoms with Crippen molar-refractivity contribution in [1.29, 1.82) is 0 Å². The van der Waals surface area contributed by atoms with E-state index in [1.165, 1.54) is 9.80 Å². The average Bonchev–Trinajstić information content (AvgIpc) is 3.66. The van der Waals surface area contributed by atoms with Gasteiger partial charge in [-0.3, -0.25) is 19.2 Å². The molecule has 2 N–H and O–H groups in total. The summed E-state index contributed by atoms with van der Waals surface area (Å²) in [4.78, 5) is 58.1. The lowest BCUT2D eigenvalue weighted by Crippen LogP contribution is -2.60. The van der Waals surface area contributed by atoms with Crippen molar-refractivity contribution in [2.24, 2.45) is 17.8 Å². The highest BCUT2D eigenvalue weighted by Gasteiger charge is 2.76. The Morgan fingerprint density at radius 3 is 2.64 bits per heavy atom. The number of anilines is 1. The number of rotatable bonds is 15. The lowest BCUT2D eigenvalue weighted by Gasteiger charge is -2.41. The summed E-state index contributed by atoms with van der Waals surface area (Å²) < 4.78 is 12.3. The second kappa shape index (κ2) is 14.5. The summed E-state index contributed by atoms with van der Waals surface area (Å²) >= 11 is 6.64. The Kier molecular flexibility index (Phi) is 11.2. The first-order chi connectivity index (χ1) is 21.5. The topological polar surface area (TPSA) is 125 Å². The molecule has 0 unspecified atom stereocenters. The number of aliphatic hydroxyl groups is 1. The Bertz CT molecular complexity index is 1300. The molecule has 1 aromatic rings. The van der Waals surface area contributed by atoms with Crippen molar-refractivity contribution in [3.05, 3.63) is 54.1 Å². The van der Waals surface area contributed by atoms with E-state index in [0.29, 0.717) is 36.4 Å². The summed E-state index contributed by atoms with van der Waals surface area (Å²) in [6.45, 7) is 14.8. The van der Waals surface area contributed by atoms with Crippen LogP contribution in [0.25, 0.3) is 0 Å². The molecule has 1 spiro atoms. The number of carbonyl (C=O) groups excluding carboxylic acids is 4. The number of ether oxygens (including phenoxy) is 2. The molecule has 3 amide bonds. The minimum Gasteiger partial charge on any atom is -0.460 e. The van der Waals surface area contributed by atoms with Crippen molar-refractivity contribution >= 4 is 41.0 Å². The molecule has 11 heteroatoms. The van der Waals surface area contributed by atoms with Gasteiger partial charge in [-0.2, -0.15) is 0 Å². The highest BCUT2D eigenvalue weighted by Crippen LogP contribution is 2.59. The molecule has 1 aromatic carbocycles. The molecule has 3 saturated heterocycles. The smallest absolute Gasteiger partial charge is 0.312 e. The van der Waals surface area contributed by atoms with Crippen LogP contribution in [0.4, 0.5) is 5.69 Å². The Balaban J connectivity index is 1.71. The average molecular weight is 644 g/mol. The first kappa shape index (κ1) is 34.7. The van der Waals surface area contributed by atoms with Gasteiger partial charge in [-0.25, -0.2) is 0 Å². The van der Waals surface area contributed by atoms with Crippen LogP contribution in [0, 0.1) is 24.7 Å². The van der Waals surface area contributed by atoms with Crippen molar-refractivity contribution in [2.75, 3.05) is 24.6 Å². The lowest BCUT2D eigenvalue weighted by atomic mass is 9.70. The van der Waals surface area contributed by atoms with E-state index in [1.807, 2.05) is 26.8 Å². The van der Waals surface area contributed by atoms with E-state index in [-0.39, 0.29) is 37.9 Å². The van der Waals surface area contributed by atoms with Gasteiger partial charge in [0.05, 0.1) is 47.8 Å². The first-order valence-electron chi connectivity index (χ1n) is 15.8. The van der Waals surface area contributed by atoms with Gasteiger partial charge in [0.2, 0.25) is 11.8 Å². The van der Waals surface area contributed by atoms with Gasteiger partial charge in [0.1, 0.15) is 17.7 Å². The molecule has 3 heterocycles. The van der Waals surface area contributed by atoms with E-state index < -0.39 is 59.5 Å². The van der Waals surface area contributed by atoms with E-state index in [4.69, 9.17) is 21.1 Å². The molecule has 8 atom stereocenters. The summed E-state index contributed by atoms with van der Waals surface area (Å²) in [6, 6.07) is 3.56. The van der Waals surface area contributed by atoms with Crippen molar-refractivity contribution in [2.45, 2.75) is 89.7 Å². The van der Waals surface area contributed by atoms with Crippen LogP contribution in [0.5, 0.6) is 0 Å². The second-order valence-electron chi connectivity index (χ2n) is 12.5. The van der Waals surface area contributed by atoms with Crippen LogP contribution in [-0.2, 0) is 28.7 Å². The number of halogens is 1. The number of amides is 3. The van der Waals surface area contributed by atoms with Gasteiger partial charge in [0.25, 0.3) is 5.91 Å². The Morgan fingerprint density at radius 2 is 2.02 bits per heavy atom. The Labute approximate surface area is 270 Å². The van der Waals surface area contributed by atoms with Gasteiger partial charge < -0.3 is 29.7 Å². The number of benzene rings is 1. The highest BCUT2D eigenvalue weighted by molar-refractivity contribution is 6.34. The molecule has 10 nitrogen and oxygen atoms in total. The van der Waals surface area contributed by atoms with Crippen molar-refractivity contribution in [3.8, 4) is 0 Å². The molecule has 3 fully saturated rings. The van der Waals surface area contributed by atoms with Crippen LogP contribution >= 0.6 is 11.6 Å². The molecular formula is C34H46ClN3O7. The SMILES string of the molecule is C=CCCC(=O)NC[C@H](C)OC(=O)[C@@H]1[C@H]2C(=O)N([C@@H](CO)[C@@H](C)CC)[C@H](C(=O)N(CC=C)c3c(C)cccc3Cl)[C@]23CC[C@H]1O3. The van der Waals surface area contributed by atoms with E-state index in [9.17, 15) is 24.3 Å². The second-order valence-corrected chi connectivity index (χ2v) is 12.9. The predicted octanol–water partition coefficient (Wildman–Crippen LogP) is 3.96. The number of esters is 1. The molecular weight excluding hydrogens is 598 g/mol. The zero-order chi connectivity index (χ0) is 33.1. The molecule has 4 rings (SSSR count). The lowest BCUT2D eigenvalue weighted by molar-refractivity contribution is -0.160. The third-order valence-electron chi connectivity index (χ3n) is 9.60. The number of nitrogens with one attached hydrogen (secondary N) is 1. The number of fused-ring (bicyclic) bond motifs is 1. The number of aryl methyl sites for hydroxylation is 1. The number of carbonyl (C=O) groups is 4. The number of likely N-dealkylation sites (tertiary alicyclic amines) is 1. The van der Waals surface area contributed by atoms with Gasteiger partial charge in [-0.15, -0.1) is 13.2 Å². The van der Waals surface area contributed by atoms with Gasteiger partial charge in [0, 0.05) is 13.0 Å². The molecule has 0 saturated carbocycles. The third kappa shape index (κ3) is 6.42. The van der Waals surface area contributed by atoms with Crippen LogP contribution in [-0.4, -0.2) is 83.3 Å². The fraction of sp³-hybridized carbons (Fsp3) is 0.588. The van der Waals surface area contributed by atoms with Crippen molar-refractivity contribution < 1.29 is 33.8 Å². The van der Waals surface area contributed by atoms with Gasteiger partial charge >= 0.3 is 5.97 Å². The number of nitrogens with zero attached hydrogens (tertiary/aromatic N) is 2. The minimum absolute atomic E-state index is 0.116. The van der Waals surface area contributed by atoms with Gasteiger partial charge in [-0.05, 0) is 50.7 Å². The largest absolute Gasteiger partial charge is 0.460 e. The Hall–Kier alpha value is -3.21. The third-order valence-corrected chi connectivity index (χ3v) is 9.91. The number of hydrogen-bond acceptors (Lipinski definition) is 7. The highest BCUT2D eigenvalue weighted by atomic mass is 35.5. The maximum atomic E-state index is 14.8. The van der Waals surface area contributed by atoms with Gasteiger partial charge in [0.15, 0.2) is 0 Å². The predicted molar refractivity (Wildman–Crippen MR) is 172 cm³/mol. The number of hydrogen-bond donors (Lipinski definition) is 2. The zero-order valence-electron chi connectivity index (χ0n) is 26.7. The maximum absolute atomic E-state index is 14.8. The molecule has 0 aliphatic carbocycles. The van der Waals surface area contributed by atoms with E-state index >= 15 is 0 Å². The summed E-state index contributed by atoms with van der Waals surface area (Å²) in [5.74, 6) is -3.65. The van der Waals surface area contributed by atoms with Crippen LogP contribution in [0.3, 0.4) is 0 Å². The molecule has 2 bridgehead atoms.